The Bertz CT molecular complexity index is 509. The van der Waals surface area contributed by atoms with Gasteiger partial charge in [0.15, 0.2) is 5.13 Å². The van der Waals surface area contributed by atoms with E-state index in [0.717, 1.165) is 10.7 Å². The molecule has 2 aromatic rings. The van der Waals surface area contributed by atoms with E-state index in [1.807, 2.05) is 24.6 Å². The van der Waals surface area contributed by atoms with Gasteiger partial charge in [0.05, 0.1) is 12.6 Å². The number of hydrogen-bond donors (Lipinski definition) is 2. The Morgan fingerprint density at radius 3 is 2.94 bits per heavy atom. The van der Waals surface area contributed by atoms with Crippen molar-refractivity contribution in [3.63, 3.8) is 0 Å². The number of rotatable bonds is 5. The molecular weight excluding hydrogens is 268 g/mol. The molecule has 7 heteroatoms. The quantitative estimate of drug-likeness (QED) is 0.882. The van der Waals surface area contributed by atoms with Crippen molar-refractivity contribution in [1.29, 1.82) is 0 Å². The molecule has 0 saturated heterocycles. The largest absolute Gasteiger partial charge is 0.301 e. The third kappa shape index (κ3) is 3.59. The number of amides is 1. The average molecular weight is 282 g/mol. The second kappa shape index (κ2) is 6.03. The number of thiazole rings is 2. The molecule has 2 heterocycles. The second-order valence-corrected chi connectivity index (χ2v) is 5.60. The van der Waals surface area contributed by atoms with Crippen LogP contribution in [0, 0.1) is 6.92 Å². The minimum atomic E-state index is -0.0925. The van der Waals surface area contributed by atoms with Gasteiger partial charge in [-0.3, -0.25) is 10.1 Å². The van der Waals surface area contributed by atoms with Gasteiger partial charge in [-0.05, 0) is 13.8 Å². The summed E-state index contributed by atoms with van der Waals surface area (Å²) < 4.78 is 0. The van der Waals surface area contributed by atoms with Gasteiger partial charge < -0.3 is 5.32 Å². The fourth-order valence-electron chi connectivity index (χ4n) is 1.35. The molecule has 18 heavy (non-hydrogen) atoms. The summed E-state index contributed by atoms with van der Waals surface area (Å²) in [5.74, 6) is -0.0925. The van der Waals surface area contributed by atoms with Crippen molar-refractivity contribution in [2.75, 3.05) is 11.9 Å². The molecule has 0 aliphatic carbocycles. The molecule has 0 spiro atoms. The highest BCUT2D eigenvalue weighted by Crippen LogP contribution is 2.17. The van der Waals surface area contributed by atoms with Crippen molar-refractivity contribution in [2.24, 2.45) is 0 Å². The molecule has 5 nitrogen and oxygen atoms in total. The lowest BCUT2D eigenvalue weighted by Gasteiger charge is -2.10. The van der Waals surface area contributed by atoms with Crippen molar-refractivity contribution in [3.8, 4) is 0 Å². The van der Waals surface area contributed by atoms with Gasteiger partial charge in [0, 0.05) is 22.7 Å². The fourth-order valence-corrected chi connectivity index (χ4v) is 2.73. The van der Waals surface area contributed by atoms with Crippen molar-refractivity contribution < 1.29 is 4.79 Å². The normalized spacial score (nSPS) is 12.3. The molecule has 96 valence electrons. The van der Waals surface area contributed by atoms with Crippen LogP contribution in [0.5, 0.6) is 0 Å². The van der Waals surface area contributed by atoms with Gasteiger partial charge in [-0.15, -0.1) is 22.7 Å². The third-order valence-electron chi connectivity index (χ3n) is 2.25. The molecule has 1 unspecified atom stereocenters. The predicted molar refractivity (Wildman–Crippen MR) is 74.0 cm³/mol. The zero-order chi connectivity index (χ0) is 13.0. The number of carbonyl (C=O) groups excluding carboxylic acids is 1. The first-order valence-electron chi connectivity index (χ1n) is 5.50. The zero-order valence-corrected chi connectivity index (χ0v) is 11.8. The van der Waals surface area contributed by atoms with Gasteiger partial charge in [-0.1, -0.05) is 0 Å². The molecule has 0 aliphatic rings. The maximum Gasteiger partial charge on any atom is 0.240 e. The van der Waals surface area contributed by atoms with E-state index in [1.54, 1.807) is 17.5 Å². The Kier molecular flexibility index (Phi) is 4.40. The van der Waals surface area contributed by atoms with Crippen LogP contribution in [-0.4, -0.2) is 22.4 Å². The summed E-state index contributed by atoms with van der Waals surface area (Å²) in [6.45, 7) is 4.20. The Labute approximate surface area is 113 Å². The van der Waals surface area contributed by atoms with Crippen LogP contribution in [0.1, 0.15) is 23.7 Å². The lowest BCUT2D eigenvalue weighted by atomic mass is 10.3. The number of aromatic nitrogens is 2. The minimum absolute atomic E-state index is 0.0748. The summed E-state index contributed by atoms with van der Waals surface area (Å²) in [4.78, 5) is 20.0. The standard InChI is InChI=1S/C11H14N4OS2/c1-7-6-18-10(14-7)8(2)13-5-9(16)15-11-12-3-4-17-11/h3-4,6,8,13H,5H2,1-2H3,(H,12,15,16). The summed E-state index contributed by atoms with van der Waals surface area (Å²) in [6, 6.07) is 0.0748. The van der Waals surface area contributed by atoms with E-state index in [0.29, 0.717) is 5.13 Å². The first kappa shape index (κ1) is 13.1. The van der Waals surface area contributed by atoms with Gasteiger partial charge in [-0.25, -0.2) is 9.97 Å². The van der Waals surface area contributed by atoms with E-state index < -0.39 is 0 Å². The Morgan fingerprint density at radius 2 is 2.33 bits per heavy atom. The Hall–Kier alpha value is -1.31. The van der Waals surface area contributed by atoms with Crippen molar-refractivity contribution in [2.45, 2.75) is 19.9 Å². The minimum Gasteiger partial charge on any atom is -0.301 e. The van der Waals surface area contributed by atoms with E-state index in [-0.39, 0.29) is 18.5 Å². The summed E-state index contributed by atoms with van der Waals surface area (Å²) in [5, 5.41) is 11.3. The van der Waals surface area contributed by atoms with Crippen LogP contribution in [-0.2, 0) is 4.79 Å². The molecule has 0 fully saturated rings. The number of hydrogen-bond acceptors (Lipinski definition) is 6. The number of carbonyl (C=O) groups is 1. The maximum atomic E-state index is 11.6. The van der Waals surface area contributed by atoms with Crippen LogP contribution >= 0.6 is 22.7 Å². The molecule has 0 saturated carbocycles. The van der Waals surface area contributed by atoms with Gasteiger partial charge in [0.25, 0.3) is 0 Å². The van der Waals surface area contributed by atoms with Gasteiger partial charge in [0.2, 0.25) is 5.91 Å². The monoisotopic (exact) mass is 282 g/mol. The molecular formula is C11H14N4OS2. The molecule has 1 atom stereocenters. The highest BCUT2D eigenvalue weighted by molar-refractivity contribution is 7.13. The summed E-state index contributed by atoms with van der Waals surface area (Å²) in [7, 11) is 0. The van der Waals surface area contributed by atoms with E-state index in [9.17, 15) is 4.79 Å². The third-order valence-corrected chi connectivity index (χ3v) is 4.09. The van der Waals surface area contributed by atoms with Crippen molar-refractivity contribution >= 4 is 33.7 Å². The van der Waals surface area contributed by atoms with Crippen LogP contribution in [0.15, 0.2) is 17.0 Å². The highest BCUT2D eigenvalue weighted by atomic mass is 32.1. The zero-order valence-electron chi connectivity index (χ0n) is 10.1. The van der Waals surface area contributed by atoms with Crippen LogP contribution in [0.4, 0.5) is 5.13 Å². The maximum absolute atomic E-state index is 11.6. The molecule has 0 aliphatic heterocycles. The molecule has 0 bridgehead atoms. The molecule has 0 radical (unpaired) electrons. The Morgan fingerprint density at radius 1 is 1.50 bits per heavy atom. The van der Waals surface area contributed by atoms with Gasteiger partial charge in [0.1, 0.15) is 5.01 Å². The summed E-state index contributed by atoms with van der Waals surface area (Å²) >= 11 is 3.00. The van der Waals surface area contributed by atoms with E-state index in [4.69, 9.17) is 0 Å². The first-order chi connectivity index (χ1) is 8.65. The topological polar surface area (TPSA) is 66.9 Å². The van der Waals surface area contributed by atoms with Crippen molar-refractivity contribution in [3.05, 3.63) is 27.7 Å². The van der Waals surface area contributed by atoms with Gasteiger partial charge in [-0.2, -0.15) is 0 Å². The molecule has 2 N–H and O–H groups in total. The van der Waals surface area contributed by atoms with E-state index in [1.165, 1.54) is 11.3 Å². The lowest BCUT2D eigenvalue weighted by molar-refractivity contribution is -0.115. The summed E-state index contributed by atoms with van der Waals surface area (Å²) in [6.07, 6.45) is 1.66. The van der Waals surface area contributed by atoms with Crippen LogP contribution in [0.3, 0.4) is 0 Å². The number of nitrogens with one attached hydrogen (secondary N) is 2. The second-order valence-electron chi connectivity index (χ2n) is 3.82. The van der Waals surface area contributed by atoms with Crippen LogP contribution in [0.2, 0.25) is 0 Å². The van der Waals surface area contributed by atoms with Crippen molar-refractivity contribution in [1.82, 2.24) is 15.3 Å². The molecule has 0 aromatic carbocycles. The van der Waals surface area contributed by atoms with E-state index >= 15 is 0 Å². The first-order valence-corrected chi connectivity index (χ1v) is 7.26. The van der Waals surface area contributed by atoms with Gasteiger partial charge >= 0.3 is 0 Å². The van der Waals surface area contributed by atoms with Crippen LogP contribution in [0.25, 0.3) is 0 Å². The average Bonchev–Trinajstić information content (AvgIpc) is 2.97. The Balaban J connectivity index is 1.79. The number of nitrogens with zero attached hydrogens (tertiary/aromatic N) is 2. The fraction of sp³-hybridized carbons (Fsp3) is 0.364. The summed E-state index contributed by atoms with van der Waals surface area (Å²) in [5.41, 5.74) is 1.01. The SMILES string of the molecule is Cc1csc(C(C)NCC(=O)Nc2nccs2)n1. The molecule has 2 aromatic heterocycles. The van der Waals surface area contributed by atoms with Crippen LogP contribution < -0.4 is 10.6 Å². The predicted octanol–water partition coefficient (Wildman–Crippen LogP) is 2.20. The highest BCUT2D eigenvalue weighted by Gasteiger charge is 2.11. The van der Waals surface area contributed by atoms with E-state index in [2.05, 4.69) is 20.6 Å². The molecule has 2 rings (SSSR count). The molecule has 1 amide bonds. The number of aryl methyl sites for hydroxylation is 1. The smallest absolute Gasteiger partial charge is 0.240 e. The number of anilines is 1. The lowest BCUT2D eigenvalue weighted by Crippen LogP contribution is -2.30.